The zero-order chi connectivity index (χ0) is 22.2. The van der Waals surface area contributed by atoms with Crippen LogP contribution in [0.15, 0.2) is 34.8 Å². The summed E-state index contributed by atoms with van der Waals surface area (Å²) in [7, 11) is 3.24. The molecule has 0 unspecified atom stereocenters. The Bertz CT molecular complexity index is 992. The van der Waals surface area contributed by atoms with Crippen molar-refractivity contribution in [1.82, 2.24) is 4.90 Å². The summed E-state index contributed by atoms with van der Waals surface area (Å²) >= 11 is 4.47. The Kier molecular flexibility index (Phi) is 7.04. The predicted molar refractivity (Wildman–Crippen MR) is 132 cm³/mol. The van der Waals surface area contributed by atoms with E-state index in [9.17, 15) is 10.1 Å². The molecule has 1 aliphatic heterocycles. The van der Waals surface area contributed by atoms with Crippen LogP contribution in [0.4, 0.5) is 0 Å². The van der Waals surface area contributed by atoms with Gasteiger partial charge in [0.05, 0.1) is 34.8 Å². The maximum absolute atomic E-state index is 13.5. The van der Waals surface area contributed by atoms with Gasteiger partial charge in [0.15, 0.2) is 5.78 Å². The maximum atomic E-state index is 13.5. The van der Waals surface area contributed by atoms with Crippen molar-refractivity contribution >= 4 is 51.0 Å². The quantitative estimate of drug-likeness (QED) is 0.488. The van der Waals surface area contributed by atoms with E-state index in [0.717, 1.165) is 18.4 Å². The summed E-state index contributed by atoms with van der Waals surface area (Å²) in [6.45, 7) is 5.11. The van der Waals surface area contributed by atoms with Gasteiger partial charge in [-0.3, -0.25) is 4.79 Å². The van der Waals surface area contributed by atoms with Gasteiger partial charge in [-0.1, -0.05) is 13.8 Å². The van der Waals surface area contributed by atoms with Crippen molar-refractivity contribution < 1.29 is 14.3 Å². The normalized spacial score (nSPS) is 20.9. The van der Waals surface area contributed by atoms with Crippen molar-refractivity contribution in [3.8, 4) is 11.8 Å². The number of allylic oxidation sites excluding steroid dienone is 3. The van der Waals surface area contributed by atoms with E-state index in [1.165, 1.54) is 0 Å². The molecule has 1 atom stereocenters. The predicted octanol–water partition coefficient (Wildman–Crippen LogP) is 4.29. The van der Waals surface area contributed by atoms with Gasteiger partial charge < -0.3 is 20.1 Å². The van der Waals surface area contributed by atoms with Crippen LogP contribution in [0.3, 0.4) is 0 Å². The van der Waals surface area contributed by atoms with E-state index in [4.69, 9.17) is 15.2 Å². The van der Waals surface area contributed by atoms with Gasteiger partial charge in [0.2, 0.25) is 0 Å². The molecule has 6 nitrogen and oxygen atoms in total. The van der Waals surface area contributed by atoms with Crippen molar-refractivity contribution in [1.29, 1.82) is 5.26 Å². The number of nitrogens with zero attached hydrogens (tertiary/aromatic N) is 2. The molecule has 0 spiro atoms. The number of halogens is 2. The van der Waals surface area contributed by atoms with Crippen molar-refractivity contribution in [2.75, 3.05) is 27.4 Å². The van der Waals surface area contributed by atoms with Gasteiger partial charge in [-0.05, 0) is 69.2 Å². The van der Waals surface area contributed by atoms with Gasteiger partial charge in [0, 0.05) is 40.5 Å². The van der Waals surface area contributed by atoms with Crippen LogP contribution in [0.25, 0.3) is 0 Å². The Morgan fingerprint density at radius 3 is 2.60 bits per heavy atom. The van der Waals surface area contributed by atoms with Crippen LogP contribution in [-0.4, -0.2) is 38.1 Å². The molecule has 0 saturated carbocycles. The minimum atomic E-state index is -0.537. The lowest BCUT2D eigenvalue weighted by Gasteiger charge is -2.44. The smallest absolute Gasteiger partial charge is 0.162 e. The number of benzene rings is 1. The monoisotopic (exact) mass is 633 g/mol. The van der Waals surface area contributed by atoms with Crippen LogP contribution in [0, 0.1) is 23.9 Å². The number of ketones is 1. The molecule has 30 heavy (non-hydrogen) atoms. The molecule has 2 N–H and O–H groups in total. The van der Waals surface area contributed by atoms with E-state index in [0.29, 0.717) is 48.7 Å². The molecule has 8 heteroatoms. The summed E-state index contributed by atoms with van der Waals surface area (Å²) < 4.78 is 12.9. The lowest BCUT2D eigenvalue weighted by Crippen LogP contribution is -2.43. The number of rotatable bonds is 5. The summed E-state index contributed by atoms with van der Waals surface area (Å²) in [5, 5.41) is 10.1. The lowest BCUT2D eigenvalue weighted by atomic mass is 9.68. The second-order valence-corrected chi connectivity index (χ2v) is 10.7. The third-order valence-corrected chi connectivity index (χ3v) is 6.98. The number of nitrogens with two attached hydrogens (primary N) is 1. The molecule has 0 saturated heterocycles. The highest BCUT2D eigenvalue weighted by atomic mass is 127. The van der Waals surface area contributed by atoms with Gasteiger partial charge in [0.1, 0.15) is 11.6 Å². The zero-order valence-electron chi connectivity index (χ0n) is 17.5. The highest BCUT2D eigenvalue weighted by Crippen LogP contribution is 2.51. The number of hydrogen-bond donors (Lipinski definition) is 1. The molecular formula is C22H25I2N3O3. The standard InChI is InChI=1S/C22H25I2N3O3/c1-22(2)9-16-19(17(28)10-22)18(13-7-12(23)8-15(24)20(13)30-4)14(11-25)21(26)27(16)5-6-29-3/h7-8,18H,5-6,9-10,26H2,1-4H3/t18-/m0/s1. The van der Waals surface area contributed by atoms with E-state index < -0.39 is 5.92 Å². The Morgan fingerprint density at radius 2 is 2.00 bits per heavy atom. The van der Waals surface area contributed by atoms with Gasteiger partial charge in [-0.2, -0.15) is 5.26 Å². The van der Waals surface area contributed by atoms with Gasteiger partial charge in [-0.15, -0.1) is 0 Å². The third kappa shape index (κ3) is 4.21. The summed E-state index contributed by atoms with van der Waals surface area (Å²) in [6, 6.07) is 6.30. The zero-order valence-corrected chi connectivity index (χ0v) is 21.8. The molecule has 2 aliphatic rings. The second-order valence-electron chi connectivity index (χ2n) is 8.30. The molecule has 1 aromatic carbocycles. The van der Waals surface area contributed by atoms with Crippen LogP contribution >= 0.6 is 45.2 Å². The molecule has 1 heterocycles. The van der Waals surface area contributed by atoms with Crippen molar-refractivity contribution in [3.63, 3.8) is 0 Å². The van der Waals surface area contributed by atoms with E-state index in [1.807, 2.05) is 17.0 Å². The van der Waals surface area contributed by atoms with Gasteiger partial charge >= 0.3 is 0 Å². The van der Waals surface area contributed by atoms with E-state index in [-0.39, 0.29) is 11.2 Å². The number of nitriles is 1. The fourth-order valence-corrected chi connectivity index (χ4v) is 6.44. The first kappa shape index (κ1) is 23.3. The molecule has 1 aromatic rings. The number of carbonyl (C=O) groups excluding carboxylic acids is 1. The van der Waals surface area contributed by atoms with Crippen LogP contribution in [0.5, 0.6) is 5.75 Å². The molecule has 0 amide bonds. The highest BCUT2D eigenvalue weighted by Gasteiger charge is 2.45. The van der Waals surface area contributed by atoms with E-state index in [2.05, 4.69) is 65.1 Å². The molecule has 1 aliphatic carbocycles. The molecule has 0 fully saturated rings. The largest absolute Gasteiger partial charge is 0.495 e. The van der Waals surface area contributed by atoms with Crippen molar-refractivity contribution in [3.05, 3.63) is 47.5 Å². The summed E-state index contributed by atoms with van der Waals surface area (Å²) in [5.74, 6) is 0.589. The topological polar surface area (TPSA) is 88.6 Å². The van der Waals surface area contributed by atoms with Crippen LogP contribution in [0.1, 0.15) is 38.2 Å². The van der Waals surface area contributed by atoms with Crippen LogP contribution in [-0.2, 0) is 9.53 Å². The Labute approximate surface area is 204 Å². The molecule has 0 aromatic heterocycles. The van der Waals surface area contributed by atoms with Gasteiger partial charge in [0.25, 0.3) is 0 Å². The summed E-state index contributed by atoms with van der Waals surface area (Å²) in [6.07, 6.45) is 1.14. The Balaban J connectivity index is 2.32. The molecule has 0 bridgehead atoms. The van der Waals surface area contributed by atoms with Crippen LogP contribution in [0.2, 0.25) is 0 Å². The minimum absolute atomic E-state index is 0.0600. The van der Waals surface area contributed by atoms with Crippen molar-refractivity contribution in [2.24, 2.45) is 11.1 Å². The average molecular weight is 633 g/mol. The first-order chi connectivity index (χ1) is 14.1. The number of Topliss-reactive ketones (excluding diaryl/α,β-unsaturated/α-hetero) is 1. The SMILES string of the molecule is COCCN1C(N)=C(C#N)[C@H](c2cc(I)cc(I)c2OC)C2=C1CC(C)(C)CC2=O. The highest BCUT2D eigenvalue weighted by molar-refractivity contribution is 14.1. The summed E-state index contributed by atoms with van der Waals surface area (Å²) in [5.41, 5.74) is 9.11. The average Bonchev–Trinajstić information content (AvgIpc) is 2.65. The minimum Gasteiger partial charge on any atom is -0.495 e. The fraction of sp³-hybridized carbons (Fsp3) is 0.455. The van der Waals surface area contributed by atoms with E-state index >= 15 is 0 Å². The summed E-state index contributed by atoms with van der Waals surface area (Å²) in [4.78, 5) is 15.4. The number of ether oxygens (including phenoxy) is 2. The van der Waals surface area contributed by atoms with Crippen molar-refractivity contribution in [2.45, 2.75) is 32.6 Å². The van der Waals surface area contributed by atoms with Crippen LogP contribution < -0.4 is 10.5 Å². The number of methoxy groups -OCH3 is 2. The van der Waals surface area contributed by atoms with Gasteiger partial charge in [-0.25, -0.2) is 0 Å². The number of hydrogen-bond acceptors (Lipinski definition) is 6. The molecule has 160 valence electrons. The second kappa shape index (κ2) is 9.04. The third-order valence-electron chi connectivity index (χ3n) is 5.56. The first-order valence-electron chi connectivity index (χ1n) is 9.60. The first-order valence-corrected chi connectivity index (χ1v) is 11.8. The maximum Gasteiger partial charge on any atom is 0.162 e. The Hall–Kier alpha value is -1.32. The lowest BCUT2D eigenvalue weighted by molar-refractivity contribution is -0.118. The molecule has 0 radical (unpaired) electrons. The Morgan fingerprint density at radius 1 is 1.30 bits per heavy atom. The van der Waals surface area contributed by atoms with E-state index in [1.54, 1.807) is 14.2 Å². The number of carbonyl (C=O) groups is 1. The molecule has 3 rings (SSSR count). The fourth-order valence-electron chi connectivity index (χ4n) is 4.33. The molecular weight excluding hydrogens is 608 g/mol.